The summed E-state index contributed by atoms with van der Waals surface area (Å²) in [6, 6.07) is 22.1. The molecular weight excluding hydrogens is 442 g/mol. The molecule has 0 aliphatic rings. The molecule has 0 bridgehead atoms. The van der Waals surface area contributed by atoms with Gasteiger partial charge in [-0.25, -0.2) is 10.1 Å². The molecule has 4 rings (SSSR count). The Bertz CT molecular complexity index is 1420. The summed E-state index contributed by atoms with van der Waals surface area (Å²) in [5.41, 5.74) is 3.50. The number of alkyl halides is 2. The summed E-state index contributed by atoms with van der Waals surface area (Å²) in [5.74, 6) is -0.711. The van der Waals surface area contributed by atoms with Gasteiger partial charge in [0.15, 0.2) is 5.69 Å². The predicted octanol–water partition coefficient (Wildman–Crippen LogP) is 4.20. The molecule has 0 aliphatic carbocycles. The van der Waals surface area contributed by atoms with Crippen LogP contribution in [0.2, 0.25) is 0 Å². The summed E-state index contributed by atoms with van der Waals surface area (Å²) >= 11 is 0. The van der Waals surface area contributed by atoms with Gasteiger partial charge in [0.25, 0.3) is 11.5 Å². The second kappa shape index (κ2) is 10.0. The molecule has 3 aromatic carbocycles. The molecule has 34 heavy (non-hydrogen) atoms. The number of fused-ring (bicyclic) bond motifs is 1. The molecule has 4 aromatic rings. The van der Waals surface area contributed by atoms with Crippen LogP contribution in [0.5, 0.6) is 5.75 Å². The fraction of sp³-hybridized carbons (Fsp3) is 0.120. The van der Waals surface area contributed by atoms with Crippen molar-refractivity contribution in [3.05, 3.63) is 106 Å². The number of hydrogen-bond acceptors (Lipinski definition) is 5. The number of nitrogens with zero attached hydrogens (tertiary/aromatic N) is 3. The van der Waals surface area contributed by atoms with Crippen LogP contribution in [0.15, 0.2) is 88.8 Å². The third-order valence-electron chi connectivity index (χ3n) is 5.08. The Balaban J connectivity index is 1.68. The number of nitrogens with one attached hydrogen (secondary N) is 1. The molecule has 1 aromatic heterocycles. The zero-order valence-electron chi connectivity index (χ0n) is 18.1. The molecule has 0 spiro atoms. The first kappa shape index (κ1) is 22.8. The Labute approximate surface area is 193 Å². The number of amides is 1. The van der Waals surface area contributed by atoms with Crippen molar-refractivity contribution < 1.29 is 18.3 Å². The third kappa shape index (κ3) is 4.98. The molecular formula is C25H20F2N4O3. The van der Waals surface area contributed by atoms with E-state index < -0.39 is 12.5 Å². The van der Waals surface area contributed by atoms with Crippen molar-refractivity contribution in [3.63, 3.8) is 0 Å². The topological polar surface area (TPSA) is 85.6 Å². The Morgan fingerprint density at radius 1 is 1.00 bits per heavy atom. The lowest BCUT2D eigenvalue weighted by Gasteiger charge is -2.12. The Kier molecular flexibility index (Phi) is 6.72. The van der Waals surface area contributed by atoms with Gasteiger partial charge in [0, 0.05) is 10.9 Å². The number of halogens is 2. The summed E-state index contributed by atoms with van der Waals surface area (Å²) in [6.45, 7) is -1.26. The van der Waals surface area contributed by atoms with Crippen LogP contribution in [0, 0.1) is 0 Å². The van der Waals surface area contributed by atoms with Gasteiger partial charge in [0.2, 0.25) is 0 Å². The van der Waals surface area contributed by atoms with E-state index in [1.807, 2.05) is 30.3 Å². The summed E-state index contributed by atoms with van der Waals surface area (Å²) in [6.07, 6.45) is 0. The van der Waals surface area contributed by atoms with Gasteiger partial charge in [-0.15, -0.1) is 0 Å². The standard InChI is InChI=1S/C25H20F2N4O3/c1-16(18-11-7-8-14-21(18)34-25(26)27)28-29-23(32)22-19-12-5-6-13-20(19)24(33)31(30-22)15-17-9-3-2-4-10-17/h2-14,25H,15H2,1H3,(H,29,32)/b28-16+. The lowest BCUT2D eigenvalue weighted by molar-refractivity contribution is -0.0499. The fourth-order valence-electron chi connectivity index (χ4n) is 3.48. The number of hydrogen-bond donors (Lipinski definition) is 1. The van der Waals surface area contributed by atoms with E-state index in [9.17, 15) is 18.4 Å². The molecule has 0 atom stereocenters. The maximum Gasteiger partial charge on any atom is 0.387 e. The average Bonchev–Trinajstić information content (AvgIpc) is 2.85. The van der Waals surface area contributed by atoms with E-state index in [-0.39, 0.29) is 29.3 Å². The minimum atomic E-state index is -3.00. The quantitative estimate of drug-likeness (QED) is 0.330. The second-order valence-electron chi connectivity index (χ2n) is 7.36. The Morgan fingerprint density at radius 3 is 2.38 bits per heavy atom. The zero-order chi connectivity index (χ0) is 24.1. The number of carbonyl (C=O) groups excluding carboxylic acids is 1. The van der Waals surface area contributed by atoms with Gasteiger partial charge in [-0.3, -0.25) is 9.59 Å². The molecule has 0 radical (unpaired) electrons. The molecule has 1 amide bonds. The van der Waals surface area contributed by atoms with Crippen molar-refractivity contribution in [2.75, 3.05) is 0 Å². The Morgan fingerprint density at radius 2 is 1.65 bits per heavy atom. The maximum atomic E-state index is 13.0. The van der Waals surface area contributed by atoms with E-state index in [2.05, 4.69) is 20.4 Å². The molecule has 0 aliphatic heterocycles. The summed E-state index contributed by atoms with van der Waals surface area (Å²) in [7, 11) is 0. The predicted molar refractivity (Wildman–Crippen MR) is 124 cm³/mol. The molecule has 9 heteroatoms. The van der Waals surface area contributed by atoms with Crippen molar-refractivity contribution in [2.45, 2.75) is 20.1 Å². The van der Waals surface area contributed by atoms with E-state index in [1.54, 1.807) is 49.4 Å². The smallest absolute Gasteiger partial charge is 0.387 e. The highest BCUT2D eigenvalue weighted by molar-refractivity contribution is 6.06. The first-order valence-electron chi connectivity index (χ1n) is 10.4. The van der Waals surface area contributed by atoms with Crippen molar-refractivity contribution in [1.82, 2.24) is 15.2 Å². The summed E-state index contributed by atoms with van der Waals surface area (Å²) < 4.78 is 31.2. The molecule has 0 saturated heterocycles. The third-order valence-corrected chi connectivity index (χ3v) is 5.08. The van der Waals surface area contributed by atoms with Crippen molar-refractivity contribution >= 4 is 22.4 Å². The largest absolute Gasteiger partial charge is 0.434 e. The van der Waals surface area contributed by atoms with Gasteiger partial charge in [-0.05, 0) is 30.7 Å². The second-order valence-corrected chi connectivity index (χ2v) is 7.36. The lowest BCUT2D eigenvalue weighted by Crippen LogP contribution is -2.29. The van der Waals surface area contributed by atoms with Crippen molar-refractivity contribution in [3.8, 4) is 5.75 Å². The maximum absolute atomic E-state index is 13.0. The van der Waals surface area contributed by atoms with Crippen LogP contribution in [-0.4, -0.2) is 28.0 Å². The van der Waals surface area contributed by atoms with E-state index >= 15 is 0 Å². The van der Waals surface area contributed by atoms with Gasteiger partial charge in [-0.1, -0.05) is 60.7 Å². The van der Waals surface area contributed by atoms with Gasteiger partial charge in [0.05, 0.1) is 17.6 Å². The zero-order valence-corrected chi connectivity index (χ0v) is 18.1. The number of ether oxygens (including phenoxy) is 1. The van der Waals surface area contributed by atoms with Crippen molar-refractivity contribution in [2.24, 2.45) is 5.10 Å². The van der Waals surface area contributed by atoms with E-state index in [1.165, 1.54) is 10.7 Å². The number of hydrazone groups is 1. The van der Waals surface area contributed by atoms with E-state index in [0.29, 0.717) is 16.3 Å². The normalized spacial score (nSPS) is 11.6. The summed E-state index contributed by atoms with van der Waals surface area (Å²) in [5, 5.41) is 9.07. The van der Waals surface area contributed by atoms with Crippen LogP contribution >= 0.6 is 0 Å². The van der Waals surface area contributed by atoms with Gasteiger partial charge in [0.1, 0.15) is 5.75 Å². The number of aromatic nitrogens is 2. The van der Waals surface area contributed by atoms with Crippen LogP contribution in [0.25, 0.3) is 10.8 Å². The molecule has 1 heterocycles. The lowest BCUT2D eigenvalue weighted by atomic mass is 10.1. The SMILES string of the molecule is C/C(=N\NC(=O)c1nn(Cc2ccccc2)c(=O)c2ccccc12)c1ccccc1OC(F)F. The van der Waals surface area contributed by atoms with Crippen LogP contribution in [0.3, 0.4) is 0 Å². The molecule has 0 unspecified atom stereocenters. The average molecular weight is 462 g/mol. The number of rotatable bonds is 7. The van der Waals surface area contributed by atoms with Gasteiger partial charge < -0.3 is 4.74 Å². The monoisotopic (exact) mass is 462 g/mol. The molecule has 0 fully saturated rings. The summed E-state index contributed by atoms with van der Waals surface area (Å²) in [4.78, 5) is 26.0. The molecule has 172 valence electrons. The van der Waals surface area contributed by atoms with Crippen LogP contribution < -0.4 is 15.7 Å². The highest BCUT2D eigenvalue weighted by atomic mass is 19.3. The number of benzene rings is 3. The number of carbonyl (C=O) groups is 1. The van der Waals surface area contributed by atoms with Gasteiger partial charge >= 0.3 is 6.61 Å². The minimum absolute atomic E-state index is 0.0137. The van der Waals surface area contributed by atoms with E-state index in [4.69, 9.17) is 0 Å². The number of para-hydroxylation sites is 1. The Hall–Kier alpha value is -4.40. The highest BCUT2D eigenvalue weighted by Gasteiger charge is 2.17. The van der Waals surface area contributed by atoms with Crippen LogP contribution in [0.1, 0.15) is 28.5 Å². The first-order valence-corrected chi connectivity index (χ1v) is 10.4. The van der Waals surface area contributed by atoms with Crippen molar-refractivity contribution in [1.29, 1.82) is 0 Å². The minimum Gasteiger partial charge on any atom is -0.434 e. The first-order chi connectivity index (χ1) is 16.4. The molecule has 7 nitrogen and oxygen atoms in total. The molecule has 0 saturated carbocycles. The highest BCUT2D eigenvalue weighted by Crippen LogP contribution is 2.21. The fourth-order valence-corrected chi connectivity index (χ4v) is 3.48. The van der Waals surface area contributed by atoms with Crippen LogP contribution in [-0.2, 0) is 6.54 Å². The van der Waals surface area contributed by atoms with Crippen LogP contribution in [0.4, 0.5) is 8.78 Å². The van der Waals surface area contributed by atoms with Gasteiger partial charge in [-0.2, -0.15) is 19.0 Å². The molecule has 1 N–H and O–H groups in total. The van der Waals surface area contributed by atoms with E-state index in [0.717, 1.165) is 5.56 Å².